The fourth-order valence-electron chi connectivity index (χ4n) is 4.18. The molecule has 1 unspecified atom stereocenters. The molecule has 2 saturated heterocycles. The van der Waals surface area contributed by atoms with E-state index in [1.807, 2.05) is 36.1 Å². The Morgan fingerprint density at radius 2 is 2.00 bits per heavy atom. The second-order valence-corrected chi connectivity index (χ2v) is 7.79. The second-order valence-electron chi connectivity index (χ2n) is 7.79. The predicted octanol–water partition coefficient (Wildman–Crippen LogP) is 3.83. The molecule has 0 bridgehead atoms. The van der Waals surface area contributed by atoms with Crippen LogP contribution in [0.2, 0.25) is 0 Å². The zero-order chi connectivity index (χ0) is 18.8. The number of halogens is 1. The van der Waals surface area contributed by atoms with Crippen LogP contribution >= 0.6 is 0 Å². The highest BCUT2D eigenvalue weighted by Crippen LogP contribution is 2.26. The minimum Gasteiger partial charge on any atom is -0.356 e. The number of anilines is 1. The molecule has 0 saturated carbocycles. The van der Waals surface area contributed by atoms with E-state index in [2.05, 4.69) is 9.88 Å². The van der Waals surface area contributed by atoms with Crippen LogP contribution in [0.3, 0.4) is 0 Å². The first-order chi connectivity index (χ1) is 13.1. The van der Waals surface area contributed by atoms with E-state index in [0.717, 1.165) is 57.7 Å². The number of nitrogens with zero attached hydrogens (tertiary/aromatic N) is 3. The number of likely N-dealkylation sites (tertiary alicyclic amines) is 1. The van der Waals surface area contributed by atoms with Crippen molar-refractivity contribution in [1.29, 1.82) is 0 Å². The van der Waals surface area contributed by atoms with Gasteiger partial charge in [0.1, 0.15) is 11.6 Å². The number of aryl methyl sites for hydroxylation is 1. The molecule has 0 aliphatic carbocycles. The number of carbonyl (C=O) groups is 1. The van der Waals surface area contributed by atoms with E-state index in [1.54, 1.807) is 12.3 Å². The molecule has 2 fully saturated rings. The molecule has 1 aromatic carbocycles. The molecule has 1 amide bonds. The maximum atomic E-state index is 13.4. The first kappa shape index (κ1) is 18.0. The first-order valence-electron chi connectivity index (χ1n) is 9.85. The summed E-state index contributed by atoms with van der Waals surface area (Å²) in [6.45, 7) is 5.45. The molecule has 2 aromatic rings. The van der Waals surface area contributed by atoms with Gasteiger partial charge in [0.05, 0.1) is 5.56 Å². The fourth-order valence-corrected chi connectivity index (χ4v) is 4.18. The topological polar surface area (TPSA) is 36.4 Å². The lowest BCUT2D eigenvalue weighted by molar-refractivity contribution is 0.0792. The number of amides is 1. The molecule has 0 radical (unpaired) electrons. The SMILES string of the molecule is Cc1cc(CC2CCN(c3ccc(C(=O)N4CCCC4)cn3)C2)ccc1F. The summed E-state index contributed by atoms with van der Waals surface area (Å²) >= 11 is 0. The number of rotatable bonds is 4. The molecule has 27 heavy (non-hydrogen) atoms. The third-order valence-corrected chi connectivity index (χ3v) is 5.74. The average Bonchev–Trinajstić information content (AvgIpc) is 3.37. The van der Waals surface area contributed by atoms with E-state index < -0.39 is 0 Å². The number of hydrogen-bond donors (Lipinski definition) is 0. The lowest BCUT2D eigenvalue weighted by Gasteiger charge is -2.19. The van der Waals surface area contributed by atoms with Gasteiger partial charge in [0.25, 0.3) is 5.91 Å². The summed E-state index contributed by atoms with van der Waals surface area (Å²) in [5.74, 6) is 1.44. The van der Waals surface area contributed by atoms with Gasteiger partial charge in [-0.05, 0) is 67.9 Å². The Bertz CT molecular complexity index is 815. The second kappa shape index (κ2) is 7.67. The van der Waals surface area contributed by atoms with Gasteiger partial charge in [0.2, 0.25) is 0 Å². The van der Waals surface area contributed by atoms with Crippen LogP contribution in [-0.4, -0.2) is 42.0 Å². The summed E-state index contributed by atoms with van der Waals surface area (Å²) in [6.07, 6.45) is 5.97. The van der Waals surface area contributed by atoms with Gasteiger partial charge in [-0.2, -0.15) is 0 Å². The Labute approximate surface area is 160 Å². The van der Waals surface area contributed by atoms with E-state index in [4.69, 9.17) is 0 Å². The van der Waals surface area contributed by atoms with Gasteiger partial charge in [0.15, 0.2) is 0 Å². The largest absolute Gasteiger partial charge is 0.356 e. The van der Waals surface area contributed by atoms with Crippen LogP contribution in [0.1, 0.15) is 40.7 Å². The van der Waals surface area contributed by atoms with Gasteiger partial charge in [0, 0.05) is 32.4 Å². The van der Waals surface area contributed by atoms with E-state index in [0.29, 0.717) is 17.0 Å². The minimum absolute atomic E-state index is 0.0949. The third kappa shape index (κ3) is 3.97. The molecule has 5 heteroatoms. The number of aromatic nitrogens is 1. The van der Waals surface area contributed by atoms with Crippen molar-refractivity contribution in [2.45, 2.75) is 32.6 Å². The number of pyridine rings is 1. The summed E-state index contributed by atoms with van der Waals surface area (Å²) in [4.78, 5) is 21.2. The molecular weight excluding hydrogens is 341 g/mol. The smallest absolute Gasteiger partial charge is 0.255 e. The Hall–Kier alpha value is -2.43. The summed E-state index contributed by atoms with van der Waals surface area (Å²) in [7, 11) is 0. The molecule has 0 spiro atoms. The molecule has 0 N–H and O–H groups in total. The number of carbonyl (C=O) groups excluding carboxylic acids is 1. The molecule has 2 aliphatic heterocycles. The predicted molar refractivity (Wildman–Crippen MR) is 105 cm³/mol. The molecule has 1 aromatic heterocycles. The first-order valence-corrected chi connectivity index (χ1v) is 9.85. The van der Waals surface area contributed by atoms with Crippen molar-refractivity contribution >= 4 is 11.7 Å². The van der Waals surface area contributed by atoms with Crippen molar-refractivity contribution in [1.82, 2.24) is 9.88 Å². The molecule has 2 aliphatic rings. The van der Waals surface area contributed by atoms with Crippen LogP contribution in [0.25, 0.3) is 0 Å². The van der Waals surface area contributed by atoms with Gasteiger partial charge in [-0.15, -0.1) is 0 Å². The van der Waals surface area contributed by atoms with E-state index in [-0.39, 0.29) is 11.7 Å². The molecule has 1 atom stereocenters. The normalized spacial score (nSPS) is 19.7. The minimum atomic E-state index is -0.139. The Morgan fingerprint density at radius 3 is 2.70 bits per heavy atom. The van der Waals surface area contributed by atoms with Gasteiger partial charge in [-0.25, -0.2) is 9.37 Å². The van der Waals surface area contributed by atoms with Crippen molar-refractivity contribution in [2.75, 3.05) is 31.1 Å². The zero-order valence-electron chi connectivity index (χ0n) is 15.8. The molecule has 4 nitrogen and oxygen atoms in total. The van der Waals surface area contributed by atoms with Gasteiger partial charge in [-0.3, -0.25) is 4.79 Å². The zero-order valence-corrected chi connectivity index (χ0v) is 15.8. The van der Waals surface area contributed by atoms with Crippen molar-refractivity contribution in [3.8, 4) is 0 Å². The fraction of sp³-hybridized carbons (Fsp3) is 0.455. The molecule has 142 valence electrons. The summed E-state index contributed by atoms with van der Waals surface area (Å²) in [5.41, 5.74) is 2.58. The Morgan fingerprint density at radius 1 is 1.19 bits per heavy atom. The van der Waals surface area contributed by atoms with Crippen LogP contribution in [0, 0.1) is 18.7 Å². The highest BCUT2D eigenvalue weighted by molar-refractivity contribution is 5.94. The van der Waals surface area contributed by atoms with E-state index >= 15 is 0 Å². The van der Waals surface area contributed by atoms with Crippen molar-refractivity contribution in [2.24, 2.45) is 5.92 Å². The Kier molecular flexibility index (Phi) is 5.10. The number of benzene rings is 1. The molecular formula is C22H26FN3O. The Balaban J connectivity index is 1.37. The van der Waals surface area contributed by atoms with Crippen molar-refractivity contribution < 1.29 is 9.18 Å². The third-order valence-electron chi connectivity index (χ3n) is 5.74. The highest BCUT2D eigenvalue weighted by Gasteiger charge is 2.25. The summed E-state index contributed by atoms with van der Waals surface area (Å²) in [6, 6.07) is 9.28. The van der Waals surface area contributed by atoms with Crippen LogP contribution in [0.5, 0.6) is 0 Å². The van der Waals surface area contributed by atoms with Gasteiger partial charge < -0.3 is 9.80 Å². The quantitative estimate of drug-likeness (QED) is 0.824. The molecule has 3 heterocycles. The standard InChI is InChI=1S/C22H26FN3O/c1-16-12-17(4-6-20(16)23)13-18-8-11-26(15-18)21-7-5-19(14-24-21)22(27)25-9-2-3-10-25/h4-7,12,14,18H,2-3,8-11,13,15H2,1H3. The maximum absolute atomic E-state index is 13.4. The van der Waals surface area contributed by atoms with Crippen molar-refractivity contribution in [3.63, 3.8) is 0 Å². The summed E-state index contributed by atoms with van der Waals surface area (Å²) in [5, 5.41) is 0. The van der Waals surface area contributed by atoms with Crippen LogP contribution in [0.15, 0.2) is 36.5 Å². The monoisotopic (exact) mass is 367 g/mol. The van der Waals surface area contributed by atoms with Gasteiger partial charge in [-0.1, -0.05) is 12.1 Å². The lowest BCUT2D eigenvalue weighted by atomic mass is 9.97. The number of hydrogen-bond acceptors (Lipinski definition) is 3. The molecule has 4 rings (SSSR count). The average molecular weight is 367 g/mol. The van der Waals surface area contributed by atoms with Gasteiger partial charge >= 0.3 is 0 Å². The van der Waals surface area contributed by atoms with Crippen LogP contribution < -0.4 is 4.90 Å². The van der Waals surface area contributed by atoms with Crippen LogP contribution in [0.4, 0.5) is 10.2 Å². The van der Waals surface area contributed by atoms with Crippen molar-refractivity contribution in [3.05, 3.63) is 59.0 Å². The van der Waals surface area contributed by atoms with Crippen LogP contribution in [-0.2, 0) is 6.42 Å². The highest BCUT2D eigenvalue weighted by atomic mass is 19.1. The maximum Gasteiger partial charge on any atom is 0.255 e. The summed E-state index contributed by atoms with van der Waals surface area (Å²) < 4.78 is 13.4. The lowest BCUT2D eigenvalue weighted by Crippen LogP contribution is -2.28. The van der Waals surface area contributed by atoms with E-state index in [1.165, 1.54) is 5.56 Å². The van der Waals surface area contributed by atoms with E-state index in [9.17, 15) is 9.18 Å².